The van der Waals surface area contributed by atoms with Gasteiger partial charge in [0.15, 0.2) is 0 Å². The molecule has 0 heterocycles. The van der Waals surface area contributed by atoms with Crippen LogP contribution < -0.4 is 4.74 Å². The third-order valence-electron chi connectivity index (χ3n) is 2.86. The number of likely N-dealkylation sites (N-methyl/N-ethyl adjacent to an activating group) is 1. The van der Waals surface area contributed by atoms with Gasteiger partial charge in [-0.15, -0.1) is 0 Å². The van der Waals surface area contributed by atoms with E-state index in [4.69, 9.17) is 9.84 Å². The van der Waals surface area contributed by atoms with Gasteiger partial charge in [0.1, 0.15) is 22.2 Å². The fourth-order valence-electron chi connectivity index (χ4n) is 1.63. The minimum atomic E-state index is -2.94. The van der Waals surface area contributed by atoms with E-state index in [-0.39, 0.29) is 12.2 Å². The van der Waals surface area contributed by atoms with E-state index in [0.29, 0.717) is 25.4 Å². The van der Waals surface area contributed by atoms with Gasteiger partial charge in [0, 0.05) is 19.3 Å². The molecule has 1 aromatic rings. The van der Waals surface area contributed by atoms with Crippen LogP contribution >= 0.6 is 0 Å². The predicted octanol–water partition coefficient (Wildman–Crippen LogP) is 0.669. The van der Waals surface area contributed by atoms with Gasteiger partial charge >= 0.3 is 5.97 Å². The number of rotatable bonds is 9. The van der Waals surface area contributed by atoms with Crippen LogP contribution in [0.3, 0.4) is 0 Å². The zero-order chi connectivity index (χ0) is 15.9. The number of carboxylic acids is 1. The second-order valence-electron chi connectivity index (χ2n) is 5.00. The summed E-state index contributed by atoms with van der Waals surface area (Å²) in [5.41, 5.74) is 0.722. The number of nitrogens with zero attached hydrogens (tertiary/aromatic N) is 1. The van der Waals surface area contributed by atoms with Crippen molar-refractivity contribution < 1.29 is 23.1 Å². The van der Waals surface area contributed by atoms with E-state index in [1.54, 1.807) is 24.3 Å². The number of ether oxygens (including phenoxy) is 1. The lowest BCUT2D eigenvalue weighted by molar-refractivity contribution is -0.136. The number of benzene rings is 1. The maximum absolute atomic E-state index is 11.0. The minimum Gasteiger partial charge on any atom is -0.492 e. The standard InChI is InChI=1S/C14H21NO5S/c1-15(8-10-21(2,18)19)7-9-20-13-5-3-12(4-6-13)11-14(16)17/h3-6H,7-11H2,1-2H3,(H,16,17). The predicted molar refractivity (Wildman–Crippen MR) is 80.5 cm³/mol. The molecule has 0 aliphatic carbocycles. The number of carboxylic acid groups (broad SMARTS) is 1. The molecule has 1 rings (SSSR count). The molecule has 21 heavy (non-hydrogen) atoms. The van der Waals surface area contributed by atoms with Gasteiger partial charge in [0.2, 0.25) is 0 Å². The Morgan fingerprint density at radius 2 is 1.86 bits per heavy atom. The Morgan fingerprint density at radius 1 is 1.24 bits per heavy atom. The van der Waals surface area contributed by atoms with Crippen LogP contribution in [-0.2, 0) is 21.1 Å². The fourth-order valence-corrected chi connectivity index (χ4v) is 2.27. The molecule has 0 saturated heterocycles. The second-order valence-corrected chi connectivity index (χ2v) is 7.26. The first-order chi connectivity index (χ1) is 9.76. The van der Waals surface area contributed by atoms with Crippen molar-refractivity contribution >= 4 is 15.8 Å². The number of aliphatic carboxylic acids is 1. The number of carbonyl (C=O) groups is 1. The number of hydrogen-bond acceptors (Lipinski definition) is 5. The molecule has 0 radical (unpaired) electrons. The summed E-state index contributed by atoms with van der Waals surface area (Å²) in [5, 5.41) is 8.67. The molecular weight excluding hydrogens is 294 g/mol. The van der Waals surface area contributed by atoms with Crippen LogP contribution in [0, 0.1) is 0 Å². The average Bonchev–Trinajstić information content (AvgIpc) is 2.37. The topological polar surface area (TPSA) is 83.9 Å². The van der Waals surface area contributed by atoms with E-state index >= 15 is 0 Å². The van der Waals surface area contributed by atoms with E-state index in [1.165, 1.54) is 6.26 Å². The Bertz CT molecular complexity index is 553. The third-order valence-corrected chi connectivity index (χ3v) is 3.79. The van der Waals surface area contributed by atoms with Crippen molar-refractivity contribution in [3.8, 4) is 5.75 Å². The molecule has 118 valence electrons. The maximum atomic E-state index is 11.0. The Morgan fingerprint density at radius 3 is 2.38 bits per heavy atom. The summed E-state index contributed by atoms with van der Waals surface area (Å²) in [6.07, 6.45) is 1.21. The lowest BCUT2D eigenvalue weighted by atomic mass is 10.1. The molecule has 6 nitrogen and oxygen atoms in total. The Kier molecular flexibility index (Phi) is 6.64. The molecule has 0 unspecified atom stereocenters. The van der Waals surface area contributed by atoms with Crippen LogP contribution in [0.4, 0.5) is 0 Å². The van der Waals surface area contributed by atoms with Crippen molar-refractivity contribution in [2.75, 3.05) is 38.8 Å². The van der Waals surface area contributed by atoms with Gasteiger partial charge in [-0.1, -0.05) is 12.1 Å². The van der Waals surface area contributed by atoms with Crippen LogP contribution in [0.5, 0.6) is 5.75 Å². The summed E-state index contributed by atoms with van der Waals surface area (Å²) >= 11 is 0. The van der Waals surface area contributed by atoms with Gasteiger partial charge < -0.3 is 14.7 Å². The fraction of sp³-hybridized carbons (Fsp3) is 0.500. The molecule has 0 aliphatic heterocycles. The van der Waals surface area contributed by atoms with Crippen molar-refractivity contribution in [1.29, 1.82) is 0 Å². The summed E-state index contributed by atoms with van der Waals surface area (Å²) < 4.78 is 27.6. The zero-order valence-corrected chi connectivity index (χ0v) is 13.1. The molecule has 0 saturated carbocycles. The van der Waals surface area contributed by atoms with Gasteiger partial charge in [-0.2, -0.15) is 0 Å². The van der Waals surface area contributed by atoms with E-state index in [2.05, 4.69) is 0 Å². The monoisotopic (exact) mass is 315 g/mol. The summed E-state index contributed by atoms with van der Waals surface area (Å²) in [6, 6.07) is 6.90. The van der Waals surface area contributed by atoms with E-state index in [9.17, 15) is 13.2 Å². The summed E-state index contributed by atoms with van der Waals surface area (Å²) in [6.45, 7) is 1.53. The van der Waals surface area contributed by atoms with Gasteiger partial charge in [-0.25, -0.2) is 8.42 Å². The normalized spacial score (nSPS) is 11.6. The molecule has 0 bridgehead atoms. The summed E-state index contributed by atoms with van der Waals surface area (Å²) in [5.74, 6) is -0.0651. The lowest BCUT2D eigenvalue weighted by Gasteiger charge is -2.16. The summed E-state index contributed by atoms with van der Waals surface area (Å²) in [4.78, 5) is 12.4. The molecule has 0 amide bonds. The van der Waals surface area contributed by atoms with Crippen molar-refractivity contribution in [3.63, 3.8) is 0 Å². The molecule has 0 atom stereocenters. The molecular formula is C14H21NO5S. The minimum absolute atomic E-state index is 0.00545. The molecule has 0 aromatic heterocycles. The van der Waals surface area contributed by atoms with Gasteiger partial charge in [0.05, 0.1) is 12.2 Å². The molecule has 0 fully saturated rings. The summed E-state index contributed by atoms with van der Waals surface area (Å²) in [7, 11) is -1.10. The highest BCUT2D eigenvalue weighted by Gasteiger charge is 2.06. The highest BCUT2D eigenvalue weighted by molar-refractivity contribution is 7.90. The van der Waals surface area contributed by atoms with Crippen molar-refractivity contribution in [1.82, 2.24) is 4.90 Å². The van der Waals surface area contributed by atoms with E-state index < -0.39 is 15.8 Å². The van der Waals surface area contributed by atoms with Gasteiger partial charge in [0.25, 0.3) is 0 Å². The third kappa shape index (κ3) is 8.31. The highest BCUT2D eigenvalue weighted by atomic mass is 32.2. The molecule has 1 aromatic carbocycles. The SMILES string of the molecule is CN(CCOc1ccc(CC(=O)O)cc1)CCS(C)(=O)=O. The van der Waals surface area contributed by atoms with Crippen molar-refractivity contribution in [3.05, 3.63) is 29.8 Å². The maximum Gasteiger partial charge on any atom is 0.307 e. The number of sulfone groups is 1. The zero-order valence-electron chi connectivity index (χ0n) is 12.3. The Labute approximate surface area is 125 Å². The van der Waals surface area contributed by atoms with E-state index in [1.807, 2.05) is 11.9 Å². The van der Waals surface area contributed by atoms with Crippen LogP contribution in [0.15, 0.2) is 24.3 Å². The quantitative estimate of drug-likeness (QED) is 0.721. The van der Waals surface area contributed by atoms with Crippen molar-refractivity contribution in [2.24, 2.45) is 0 Å². The van der Waals surface area contributed by atoms with Crippen LogP contribution in [-0.4, -0.2) is 63.1 Å². The van der Waals surface area contributed by atoms with Crippen molar-refractivity contribution in [2.45, 2.75) is 6.42 Å². The molecule has 7 heteroatoms. The largest absolute Gasteiger partial charge is 0.492 e. The van der Waals surface area contributed by atoms with Gasteiger partial charge in [-0.3, -0.25) is 4.79 Å². The Hall–Kier alpha value is -1.60. The first kappa shape index (κ1) is 17.5. The Balaban J connectivity index is 2.30. The smallest absolute Gasteiger partial charge is 0.307 e. The van der Waals surface area contributed by atoms with Crippen LogP contribution in [0.2, 0.25) is 0 Å². The average molecular weight is 315 g/mol. The number of hydrogen-bond donors (Lipinski definition) is 1. The highest BCUT2D eigenvalue weighted by Crippen LogP contribution is 2.12. The molecule has 0 spiro atoms. The van der Waals surface area contributed by atoms with Crippen LogP contribution in [0.1, 0.15) is 5.56 Å². The van der Waals surface area contributed by atoms with Crippen LogP contribution in [0.25, 0.3) is 0 Å². The molecule has 0 aliphatic rings. The second kappa shape index (κ2) is 7.99. The molecule has 1 N–H and O–H groups in total. The van der Waals surface area contributed by atoms with Gasteiger partial charge in [-0.05, 0) is 24.7 Å². The first-order valence-corrected chi connectivity index (χ1v) is 8.62. The first-order valence-electron chi connectivity index (χ1n) is 6.56. The lowest BCUT2D eigenvalue weighted by Crippen LogP contribution is -2.29. The van der Waals surface area contributed by atoms with E-state index in [0.717, 1.165) is 5.56 Å².